The molecule has 9 rings (SSSR count). The molecule has 3 aliphatic rings. The molecule has 1 saturated heterocycles. The van der Waals surface area contributed by atoms with Crippen LogP contribution in [0.2, 0.25) is 0 Å². The minimum atomic E-state index is 0.848. The molecular formula is C62H106N16. The SMILES string of the molecule is CNCC1CC1.CNCC1CCCC1.CNCN1CCN(C)CC1.CNCc1ccc(C)cc1.CNCc1ccccc1.CNCc1ccccn1.CNCc1cccnc1.CNCc1ccncc1.CNCc1cnc[nH]1. The summed E-state index contributed by atoms with van der Waals surface area (Å²) >= 11 is 0. The Labute approximate surface area is 473 Å². The summed E-state index contributed by atoms with van der Waals surface area (Å²) in [5, 5.41) is 27.8. The Kier molecular flexibility index (Phi) is 46.3. The number of nitrogens with zero attached hydrogens (tertiary/aromatic N) is 6. The first-order chi connectivity index (χ1) is 38.2. The van der Waals surface area contributed by atoms with E-state index in [-0.39, 0.29) is 0 Å². The number of nitrogens with one attached hydrogen (secondary N) is 10. The van der Waals surface area contributed by atoms with E-state index in [0.29, 0.717) is 0 Å². The lowest BCUT2D eigenvalue weighted by molar-refractivity contribution is 0.148. The molecule has 4 aromatic heterocycles. The van der Waals surface area contributed by atoms with E-state index in [9.17, 15) is 0 Å². The van der Waals surface area contributed by atoms with Gasteiger partial charge in [-0.2, -0.15) is 0 Å². The lowest BCUT2D eigenvalue weighted by atomic mass is 10.1. The number of hydrogen-bond donors (Lipinski definition) is 10. The van der Waals surface area contributed by atoms with E-state index in [1.54, 1.807) is 37.3 Å². The van der Waals surface area contributed by atoms with Crippen LogP contribution >= 0.6 is 0 Å². The summed E-state index contributed by atoms with van der Waals surface area (Å²) in [4.78, 5) is 23.6. The number of aromatic nitrogens is 5. The number of H-pyrrole nitrogens is 1. The second kappa shape index (κ2) is 51.1. The summed E-state index contributed by atoms with van der Waals surface area (Å²) in [5.41, 5.74) is 8.69. The average Bonchev–Trinajstić information content (AvgIpc) is 3.85. The van der Waals surface area contributed by atoms with Crippen molar-refractivity contribution < 1.29 is 0 Å². The molecule has 0 atom stereocenters. The van der Waals surface area contributed by atoms with E-state index in [0.717, 1.165) is 69.2 Å². The van der Waals surface area contributed by atoms with Crippen molar-refractivity contribution in [1.29, 1.82) is 0 Å². The summed E-state index contributed by atoms with van der Waals surface area (Å²) in [5.74, 6) is 2.04. The van der Waals surface area contributed by atoms with Crippen LogP contribution < -0.4 is 47.9 Å². The van der Waals surface area contributed by atoms with E-state index in [1.165, 1.54) is 106 Å². The molecule has 0 unspecified atom stereocenters. The Bertz CT molecular complexity index is 1920. The number of likely N-dealkylation sites (N-methyl/N-ethyl adjacent to an activating group) is 1. The topological polar surface area (TPSA) is 182 Å². The molecule has 0 bridgehead atoms. The summed E-state index contributed by atoms with van der Waals surface area (Å²) in [7, 11) is 19.8. The van der Waals surface area contributed by atoms with Gasteiger partial charge in [0.15, 0.2) is 0 Å². The molecule has 1 aliphatic heterocycles. The highest BCUT2D eigenvalue weighted by Crippen LogP contribution is 2.27. The Morgan fingerprint density at radius 1 is 0.449 bits per heavy atom. The summed E-state index contributed by atoms with van der Waals surface area (Å²) in [6.07, 6.45) is 21.3. The number of imidazole rings is 1. The lowest BCUT2D eigenvalue weighted by Crippen LogP contribution is -2.47. The Hall–Kier alpha value is -5.34. The van der Waals surface area contributed by atoms with Crippen LogP contribution in [-0.2, 0) is 39.3 Å². The molecule has 434 valence electrons. The molecule has 0 spiro atoms. The summed E-state index contributed by atoms with van der Waals surface area (Å²) in [6.45, 7) is 15.9. The number of pyridine rings is 3. The van der Waals surface area contributed by atoms with Gasteiger partial charge in [-0.25, -0.2) is 4.98 Å². The van der Waals surface area contributed by atoms with Crippen LogP contribution in [0.3, 0.4) is 0 Å². The second-order valence-corrected chi connectivity index (χ2v) is 19.4. The normalized spacial score (nSPS) is 13.5. The third kappa shape index (κ3) is 41.7. The number of hydrogen-bond acceptors (Lipinski definition) is 15. The van der Waals surface area contributed by atoms with Crippen molar-refractivity contribution in [2.24, 2.45) is 11.8 Å². The van der Waals surface area contributed by atoms with E-state index in [2.05, 4.69) is 133 Å². The zero-order valence-corrected chi connectivity index (χ0v) is 50.1. The number of rotatable bonds is 18. The Balaban J connectivity index is 0.000000440. The molecule has 78 heavy (non-hydrogen) atoms. The monoisotopic (exact) mass is 1070 g/mol. The highest BCUT2D eigenvalue weighted by Gasteiger charge is 2.19. The molecule has 0 radical (unpaired) electrons. The summed E-state index contributed by atoms with van der Waals surface area (Å²) in [6, 6.07) is 32.8. The third-order valence-corrected chi connectivity index (χ3v) is 12.1. The van der Waals surface area contributed by atoms with E-state index < -0.39 is 0 Å². The zero-order chi connectivity index (χ0) is 56.9. The van der Waals surface area contributed by atoms with Gasteiger partial charge in [0.25, 0.3) is 0 Å². The molecule has 10 N–H and O–H groups in total. The highest BCUT2D eigenvalue weighted by atomic mass is 15.3. The first-order valence-electron chi connectivity index (χ1n) is 28.1. The predicted molar refractivity (Wildman–Crippen MR) is 331 cm³/mol. The first kappa shape index (κ1) is 70.7. The standard InChI is InChI=1S/C9H13N.C8H11N.C7H17N3.3C7H10N2.C7H15N.C5H9N3.C5H11N/c1-8-3-5-9(6-4-8)7-10-2;1-9-7-8-5-3-2-4-6-8;1-8-7-10-5-3-9(2)4-6-10;1-8-6-7-2-4-9-5-3-7;1-8-5-7-3-2-4-9-6-7;1-8-6-7-4-2-3-5-9-7;1-8-6-7-4-2-3-5-7;1-6-2-5-3-7-4-8-5;1-6-4-5-2-3-5/h3-6,10H,7H2,1-2H3;2-6,9H,7H2,1H3;8H,3-7H2,1-2H3;2-5,8H,6H2,1H3;2-4,6,8H,5H2,1H3;2-5,8H,6H2,1H3;7-8H,2-6H2,1H3;3-4,6H,2H2,1H3,(H,7,8);5-6H,2-4H2,1H3. The Morgan fingerprint density at radius 3 is 1.45 bits per heavy atom. The lowest BCUT2D eigenvalue weighted by Gasteiger charge is -2.31. The van der Waals surface area contributed by atoms with Crippen molar-refractivity contribution in [1.82, 2.24) is 82.6 Å². The molecule has 6 aromatic rings. The number of benzene rings is 2. The van der Waals surface area contributed by atoms with E-state index >= 15 is 0 Å². The maximum absolute atomic E-state index is 4.11. The van der Waals surface area contributed by atoms with Crippen LogP contribution in [-0.4, -0.2) is 151 Å². The van der Waals surface area contributed by atoms with Crippen molar-refractivity contribution in [3.8, 4) is 0 Å². The fraction of sp³-hybridized carbons (Fsp3) is 0.516. The highest BCUT2D eigenvalue weighted by molar-refractivity contribution is 5.21. The predicted octanol–water partition coefficient (Wildman–Crippen LogP) is 7.08. The smallest absolute Gasteiger partial charge is 0.0922 e. The quantitative estimate of drug-likeness (QED) is 0.0422. The van der Waals surface area contributed by atoms with Crippen LogP contribution in [0, 0.1) is 18.8 Å². The minimum absolute atomic E-state index is 0.848. The van der Waals surface area contributed by atoms with Gasteiger partial charge in [-0.1, -0.05) is 85.1 Å². The van der Waals surface area contributed by atoms with Crippen molar-refractivity contribution in [3.05, 3.63) is 180 Å². The van der Waals surface area contributed by atoms with Gasteiger partial charge in [-0.05, 0) is 181 Å². The van der Waals surface area contributed by atoms with Crippen LogP contribution in [0.15, 0.2) is 141 Å². The van der Waals surface area contributed by atoms with Crippen LogP contribution in [0.4, 0.5) is 0 Å². The molecule has 16 heteroatoms. The second-order valence-electron chi connectivity index (χ2n) is 19.4. The van der Waals surface area contributed by atoms with Crippen LogP contribution in [0.1, 0.15) is 77.7 Å². The van der Waals surface area contributed by atoms with Gasteiger partial charge in [0, 0.05) is 115 Å². The fourth-order valence-electron chi connectivity index (χ4n) is 7.72. The van der Waals surface area contributed by atoms with Gasteiger partial charge in [-0.15, -0.1) is 0 Å². The van der Waals surface area contributed by atoms with Crippen molar-refractivity contribution in [2.75, 3.05) is 116 Å². The van der Waals surface area contributed by atoms with Crippen molar-refractivity contribution >= 4 is 0 Å². The van der Waals surface area contributed by atoms with Gasteiger partial charge in [0.2, 0.25) is 0 Å². The van der Waals surface area contributed by atoms with Gasteiger partial charge < -0.3 is 57.7 Å². The fourth-order valence-corrected chi connectivity index (χ4v) is 7.72. The first-order valence-corrected chi connectivity index (χ1v) is 28.1. The third-order valence-electron chi connectivity index (χ3n) is 12.1. The van der Waals surface area contributed by atoms with Crippen molar-refractivity contribution in [3.63, 3.8) is 0 Å². The van der Waals surface area contributed by atoms with Gasteiger partial charge >= 0.3 is 0 Å². The number of aromatic amines is 1. The minimum Gasteiger partial charge on any atom is -0.347 e. The largest absolute Gasteiger partial charge is 0.347 e. The van der Waals surface area contributed by atoms with Crippen molar-refractivity contribution in [2.45, 2.75) is 84.7 Å². The van der Waals surface area contributed by atoms with Gasteiger partial charge in [0.1, 0.15) is 0 Å². The van der Waals surface area contributed by atoms with Crippen LogP contribution in [0.25, 0.3) is 0 Å². The molecule has 2 aromatic carbocycles. The van der Waals surface area contributed by atoms with Crippen LogP contribution in [0.5, 0.6) is 0 Å². The summed E-state index contributed by atoms with van der Waals surface area (Å²) < 4.78 is 0. The molecular weight excluding hydrogens is 969 g/mol. The average molecular weight is 1080 g/mol. The van der Waals surface area contributed by atoms with E-state index in [4.69, 9.17) is 0 Å². The maximum atomic E-state index is 4.11. The Morgan fingerprint density at radius 2 is 0.974 bits per heavy atom. The molecule has 5 heterocycles. The molecule has 3 fully saturated rings. The maximum Gasteiger partial charge on any atom is 0.0922 e. The number of piperazine rings is 1. The molecule has 2 aliphatic carbocycles. The molecule has 2 saturated carbocycles. The van der Waals surface area contributed by atoms with E-state index in [1.807, 2.05) is 130 Å². The zero-order valence-electron chi connectivity index (χ0n) is 50.1. The molecule has 16 nitrogen and oxygen atoms in total. The van der Waals surface area contributed by atoms with Gasteiger partial charge in [0.05, 0.1) is 12.0 Å². The van der Waals surface area contributed by atoms with Gasteiger partial charge in [-0.3, -0.25) is 19.9 Å². The number of aryl methyl sites for hydroxylation is 1. The molecule has 0 amide bonds.